The van der Waals surface area contributed by atoms with E-state index in [1.165, 1.54) is 0 Å². The number of rotatable bonds is 7. The standard InChI is InChI=1S/C17H23ClN4O2.HI/c1-12(2)11-24-16-15(18)7-13(8-20-16)9-21-17(19-3)22-10-14-5-4-6-23-14;/h4-8,12H,9-11H2,1-3H3,(H2,19,21,22);1H. The van der Waals surface area contributed by atoms with Gasteiger partial charge in [0.2, 0.25) is 5.88 Å². The smallest absolute Gasteiger partial charge is 0.232 e. The highest BCUT2D eigenvalue weighted by molar-refractivity contribution is 14.0. The first-order valence-corrected chi connectivity index (χ1v) is 8.20. The molecule has 0 aliphatic rings. The lowest BCUT2D eigenvalue weighted by atomic mass is 10.2. The Hall–Kier alpha value is -1.48. The quantitative estimate of drug-likeness (QED) is 0.359. The van der Waals surface area contributed by atoms with Crippen LogP contribution < -0.4 is 15.4 Å². The molecule has 0 aliphatic heterocycles. The summed E-state index contributed by atoms with van der Waals surface area (Å²) in [6, 6.07) is 5.60. The Morgan fingerprint density at radius 1 is 1.36 bits per heavy atom. The second-order valence-corrected chi connectivity index (χ2v) is 6.10. The van der Waals surface area contributed by atoms with Crippen LogP contribution in [0.4, 0.5) is 0 Å². The number of furan rings is 1. The zero-order valence-corrected chi connectivity index (χ0v) is 17.7. The van der Waals surface area contributed by atoms with Crippen LogP contribution in [0.15, 0.2) is 40.1 Å². The molecule has 0 amide bonds. The van der Waals surface area contributed by atoms with Crippen molar-refractivity contribution < 1.29 is 9.15 Å². The number of hydrogen-bond acceptors (Lipinski definition) is 4. The fraction of sp³-hybridized carbons (Fsp3) is 0.412. The summed E-state index contributed by atoms with van der Waals surface area (Å²) in [6.45, 7) is 5.86. The van der Waals surface area contributed by atoms with Crippen molar-refractivity contribution in [3.8, 4) is 5.88 Å². The summed E-state index contributed by atoms with van der Waals surface area (Å²) in [7, 11) is 1.71. The van der Waals surface area contributed by atoms with Crippen molar-refractivity contribution in [3.63, 3.8) is 0 Å². The third-order valence-electron chi connectivity index (χ3n) is 3.11. The second-order valence-electron chi connectivity index (χ2n) is 5.69. The van der Waals surface area contributed by atoms with Gasteiger partial charge in [0.25, 0.3) is 0 Å². The normalized spacial score (nSPS) is 11.2. The monoisotopic (exact) mass is 478 g/mol. The Labute approximate surface area is 170 Å². The van der Waals surface area contributed by atoms with E-state index in [0.29, 0.717) is 42.5 Å². The van der Waals surface area contributed by atoms with E-state index in [0.717, 1.165) is 11.3 Å². The molecule has 0 unspecified atom stereocenters. The summed E-state index contributed by atoms with van der Waals surface area (Å²) in [5.41, 5.74) is 0.942. The molecule has 2 aromatic rings. The summed E-state index contributed by atoms with van der Waals surface area (Å²) in [5.74, 6) is 2.40. The fourth-order valence-electron chi connectivity index (χ4n) is 1.90. The molecule has 0 aliphatic carbocycles. The Kier molecular flexibility index (Phi) is 9.66. The summed E-state index contributed by atoms with van der Waals surface area (Å²) >= 11 is 6.22. The van der Waals surface area contributed by atoms with Crippen LogP contribution in [0.5, 0.6) is 5.88 Å². The first-order chi connectivity index (χ1) is 11.6. The van der Waals surface area contributed by atoms with Crippen molar-refractivity contribution in [3.05, 3.63) is 47.0 Å². The molecule has 0 radical (unpaired) electrons. The predicted octanol–water partition coefficient (Wildman–Crippen LogP) is 3.85. The first-order valence-electron chi connectivity index (χ1n) is 7.82. The van der Waals surface area contributed by atoms with Crippen LogP contribution in [-0.4, -0.2) is 24.6 Å². The molecule has 8 heteroatoms. The predicted molar refractivity (Wildman–Crippen MR) is 111 cm³/mol. The van der Waals surface area contributed by atoms with Crippen molar-refractivity contribution >= 4 is 41.5 Å². The van der Waals surface area contributed by atoms with Crippen molar-refractivity contribution in [2.24, 2.45) is 10.9 Å². The Morgan fingerprint density at radius 2 is 2.12 bits per heavy atom. The van der Waals surface area contributed by atoms with Gasteiger partial charge in [0.05, 0.1) is 19.4 Å². The number of pyridine rings is 1. The summed E-state index contributed by atoms with van der Waals surface area (Å²) in [4.78, 5) is 8.44. The molecule has 2 aromatic heterocycles. The van der Waals surface area contributed by atoms with Crippen LogP contribution in [-0.2, 0) is 13.1 Å². The van der Waals surface area contributed by atoms with Crippen molar-refractivity contribution in [1.29, 1.82) is 0 Å². The van der Waals surface area contributed by atoms with Crippen molar-refractivity contribution in [2.45, 2.75) is 26.9 Å². The van der Waals surface area contributed by atoms with E-state index < -0.39 is 0 Å². The molecule has 6 nitrogen and oxygen atoms in total. The van der Waals surface area contributed by atoms with Crippen LogP contribution in [0.3, 0.4) is 0 Å². The minimum Gasteiger partial charge on any atom is -0.476 e. The molecule has 0 fully saturated rings. The van der Waals surface area contributed by atoms with Gasteiger partial charge in [-0.15, -0.1) is 24.0 Å². The van der Waals surface area contributed by atoms with Crippen LogP contribution in [0.1, 0.15) is 25.2 Å². The molecule has 138 valence electrons. The number of guanidine groups is 1. The van der Waals surface area contributed by atoms with Crippen LogP contribution in [0.2, 0.25) is 5.02 Å². The minimum atomic E-state index is 0. The van der Waals surface area contributed by atoms with Gasteiger partial charge in [0.1, 0.15) is 10.8 Å². The third kappa shape index (κ3) is 7.52. The molecule has 2 heterocycles. The highest BCUT2D eigenvalue weighted by Gasteiger charge is 2.07. The number of aliphatic imine (C=N–C) groups is 1. The molecule has 25 heavy (non-hydrogen) atoms. The zero-order chi connectivity index (χ0) is 17.4. The van der Waals surface area contributed by atoms with E-state index >= 15 is 0 Å². The van der Waals surface area contributed by atoms with E-state index in [2.05, 4.69) is 34.5 Å². The van der Waals surface area contributed by atoms with Gasteiger partial charge in [-0.1, -0.05) is 25.4 Å². The minimum absolute atomic E-state index is 0. The van der Waals surface area contributed by atoms with E-state index in [9.17, 15) is 0 Å². The zero-order valence-electron chi connectivity index (χ0n) is 14.6. The lowest BCUT2D eigenvalue weighted by Crippen LogP contribution is -2.36. The molecule has 0 spiro atoms. The Morgan fingerprint density at radius 3 is 2.72 bits per heavy atom. The number of halogens is 2. The molecule has 2 rings (SSSR count). The van der Waals surface area contributed by atoms with Gasteiger partial charge in [-0.3, -0.25) is 4.99 Å². The maximum atomic E-state index is 6.22. The average Bonchev–Trinajstić information content (AvgIpc) is 3.07. The Bertz CT molecular complexity index is 663. The van der Waals surface area contributed by atoms with Crippen LogP contribution in [0, 0.1) is 5.92 Å². The summed E-state index contributed by atoms with van der Waals surface area (Å²) < 4.78 is 10.8. The molecule has 0 aromatic carbocycles. The van der Waals surface area contributed by atoms with Gasteiger partial charge in [-0.05, 0) is 29.7 Å². The average molecular weight is 479 g/mol. The molecule has 2 N–H and O–H groups in total. The summed E-state index contributed by atoms with van der Waals surface area (Å²) in [6.07, 6.45) is 3.39. The van der Waals surface area contributed by atoms with E-state index in [-0.39, 0.29) is 24.0 Å². The molecule has 0 saturated heterocycles. The van der Waals surface area contributed by atoms with E-state index in [1.54, 1.807) is 19.5 Å². The first kappa shape index (κ1) is 21.6. The lowest BCUT2D eigenvalue weighted by Gasteiger charge is -2.12. The number of ether oxygens (including phenoxy) is 1. The number of nitrogens with zero attached hydrogens (tertiary/aromatic N) is 2. The SMILES string of the molecule is CN=C(NCc1cnc(OCC(C)C)c(Cl)c1)NCc1ccco1.I. The molecular weight excluding hydrogens is 455 g/mol. The van der Waals surface area contributed by atoms with Gasteiger partial charge in [0, 0.05) is 19.8 Å². The van der Waals surface area contributed by atoms with Gasteiger partial charge in [0.15, 0.2) is 5.96 Å². The third-order valence-corrected chi connectivity index (χ3v) is 3.38. The number of aromatic nitrogens is 1. The fourth-order valence-corrected chi connectivity index (χ4v) is 2.15. The molecule has 0 atom stereocenters. The highest BCUT2D eigenvalue weighted by Crippen LogP contribution is 2.22. The topological polar surface area (TPSA) is 71.7 Å². The molecular formula is C17H24ClIN4O2. The van der Waals surface area contributed by atoms with Crippen LogP contribution in [0.25, 0.3) is 0 Å². The number of nitrogens with one attached hydrogen (secondary N) is 2. The molecule has 0 bridgehead atoms. The van der Waals surface area contributed by atoms with E-state index in [1.807, 2.05) is 18.2 Å². The Balaban J connectivity index is 0.00000312. The maximum absolute atomic E-state index is 6.22. The maximum Gasteiger partial charge on any atom is 0.232 e. The van der Waals surface area contributed by atoms with E-state index in [4.69, 9.17) is 20.8 Å². The van der Waals surface area contributed by atoms with Gasteiger partial charge >= 0.3 is 0 Å². The van der Waals surface area contributed by atoms with Gasteiger partial charge in [-0.25, -0.2) is 4.98 Å². The van der Waals surface area contributed by atoms with Gasteiger partial charge < -0.3 is 19.8 Å². The van der Waals surface area contributed by atoms with Crippen molar-refractivity contribution in [1.82, 2.24) is 15.6 Å². The largest absolute Gasteiger partial charge is 0.476 e. The van der Waals surface area contributed by atoms with Crippen LogP contribution >= 0.6 is 35.6 Å². The second kappa shape index (κ2) is 11.2. The molecule has 0 saturated carbocycles. The summed E-state index contributed by atoms with van der Waals surface area (Å²) in [5, 5.41) is 6.88. The highest BCUT2D eigenvalue weighted by atomic mass is 127. The van der Waals surface area contributed by atoms with Gasteiger partial charge in [-0.2, -0.15) is 0 Å². The lowest BCUT2D eigenvalue weighted by molar-refractivity contribution is 0.261. The van der Waals surface area contributed by atoms with Crippen molar-refractivity contribution in [2.75, 3.05) is 13.7 Å². The number of hydrogen-bond donors (Lipinski definition) is 2.